The molecular formula is C16H13N5O5. The van der Waals surface area contributed by atoms with Gasteiger partial charge in [-0.2, -0.15) is 0 Å². The summed E-state index contributed by atoms with van der Waals surface area (Å²) in [5, 5.41) is 28.2. The van der Waals surface area contributed by atoms with Gasteiger partial charge >= 0.3 is 5.97 Å². The fraction of sp³-hybridized carbons (Fsp3) is 0.125. The van der Waals surface area contributed by atoms with E-state index in [9.17, 15) is 14.9 Å². The Hall–Kier alpha value is -3.82. The van der Waals surface area contributed by atoms with Crippen LogP contribution in [0, 0.1) is 17.0 Å². The van der Waals surface area contributed by atoms with Crippen LogP contribution in [0.25, 0.3) is 5.65 Å². The topological polar surface area (TPSA) is 132 Å². The van der Waals surface area contributed by atoms with E-state index < -0.39 is 10.9 Å². The molecule has 2 aromatic heterocycles. The van der Waals surface area contributed by atoms with Gasteiger partial charge in [-0.3, -0.25) is 14.5 Å². The largest absolute Gasteiger partial charge is 0.494 e. The number of carboxylic acid groups (broad SMARTS) is 1. The first-order chi connectivity index (χ1) is 12.4. The van der Waals surface area contributed by atoms with Crippen molar-refractivity contribution in [2.75, 3.05) is 7.11 Å². The summed E-state index contributed by atoms with van der Waals surface area (Å²) in [6.45, 7) is 1.70. The van der Waals surface area contributed by atoms with Crippen LogP contribution in [0.15, 0.2) is 46.8 Å². The standard InChI is InChI=1S/C16H13N5O5/c1-9-15(20-6-5-10(16(22)23)7-14(20)17-9)19-18-12-8-11(21(24)25)3-4-13(12)26-2/h3-8H,1-2H3,(H,22,23). The number of methoxy groups -OCH3 is 1. The molecule has 10 heteroatoms. The smallest absolute Gasteiger partial charge is 0.335 e. The summed E-state index contributed by atoms with van der Waals surface area (Å²) in [5.41, 5.74) is 1.09. The first-order valence-electron chi connectivity index (χ1n) is 7.37. The number of aromatic nitrogens is 2. The van der Waals surface area contributed by atoms with Crippen molar-refractivity contribution in [3.8, 4) is 5.75 Å². The zero-order valence-electron chi connectivity index (χ0n) is 13.8. The predicted molar refractivity (Wildman–Crippen MR) is 90.7 cm³/mol. The molecule has 0 saturated carbocycles. The van der Waals surface area contributed by atoms with Crippen LogP contribution in [-0.4, -0.2) is 32.5 Å². The number of aryl methyl sites for hydroxylation is 1. The van der Waals surface area contributed by atoms with Gasteiger partial charge in [0, 0.05) is 18.3 Å². The Bertz CT molecular complexity index is 1060. The van der Waals surface area contributed by atoms with Crippen molar-refractivity contribution in [1.29, 1.82) is 0 Å². The monoisotopic (exact) mass is 355 g/mol. The number of azo groups is 1. The molecule has 132 valence electrons. The molecule has 0 aliphatic heterocycles. The molecule has 0 saturated heterocycles. The first kappa shape index (κ1) is 17.0. The number of fused-ring (bicyclic) bond motifs is 1. The second-order valence-corrected chi connectivity index (χ2v) is 5.28. The Morgan fingerprint density at radius 3 is 2.73 bits per heavy atom. The van der Waals surface area contributed by atoms with Crippen molar-refractivity contribution in [3.05, 3.63) is 57.9 Å². The lowest BCUT2D eigenvalue weighted by Crippen LogP contribution is -1.97. The molecule has 3 aromatic rings. The number of carboxylic acids is 1. The average molecular weight is 355 g/mol. The highest BCUT2D eigenvalue weighted by Crippen LogP contribution is 2.33. The van der Waals surface area contributed by atoms with Gasteiger partial charge in [0.1, 0.15) is 17.1 Å². The second-order valence-electron chi connectivity index (χ2n) is 5.28. The Balaban J connectivity index is 2.06. The van der Waals surface area contributed by atoms with E-state index >= 15 is 0 Å². The number of hydrogen-bond acceptors (Lipinski definition) is 7. The van der Waals surface area contributed by atoms with E-state index in [1.165, 1.54) is 43.6 Å². The van der Waals surface area contributed by atoms with E-state index in [0.717, 1.165) is 0 Å². The highest BCUT2D eigenvalue weighted by Gasteiger charge is 2.13. The third-order valence-corrected chi connectivity index (χ3v) is 3.64. The molecule has 0 radical (unpaired) electrons. The molecule has 0 unspecified atom stereocenters. The van der Waals surface area contributed by atoms with Crippen molar-refractivity contribution in [2.45, 2.75) is 6.92 Å². The first-order valence-corrected chi connectivity index (χ1v) is 7.37. The van der Waals surface area contributed by atoms with Gasteiger partial charge in [-0.05, 0) is 25.1 Å². The van der Waals surface area contributed by atoms with Gasteiger partial charge in [0.15, 0.2) is 5.82 Å². The molecular weight excluding hydrogens is 342 g/mol. The van der Waals surface area contributed by atoms with Crippen LogP contribution in [0.4, 0.5) is 17.2 Å². The van der Waals surface area contributed by atoms with E-state index in [1.807, 2.05) is 0 Å². The molecule has 26 heavy (non-hydrogen) atoms. The third-order valence-electron chi connectivity index (χ3n) is 3.64. The molecule has 10 nitrogen and oxygen atoms in total. The summed E-state index contributed by atoms with van der Waals surface area (Å²) in [4.78, 5) is 25.7. The normalized spacial score (nSPS) is 11.2. The van der Waals surface area contributed by atoms with Crippen LogP contribution < -0.4 is 4.74 Å². The number of imidazole rings is 1. The zero-order valence-corrected chi connectivity index (χ0v) is 13.8. The van der Waals surface area contributed by atoms with E-state index in [1.54, 1.807) is 11.3 Å². The predicted octanol–water partition coefficient (Wildman–Crippen LogP) is 3.67. The van der Waals surface area contributed by atoms with Crippen LogP contribution in [0.5, 0.6) is 5.75 Å². The number of nitro groups is 1. The van der Waals surface area contributed by atoms with Crippen molar-refractivity contribution in [2.24, 2.45) is 10.2 Å². The number of benzene rings is 1. The van der Waals surface area contributed by atoms with Gasteiger partial charge < -0.3 is 9.84 Å². The van der Waals surface area contributed by atoms with Crippen molar-refractivity contribution < 1.29 is 19.6 Å². The number of pyridine rings is 1. The Morgan fingerprint density at radius 2 is 2.08 bits per heavy atom. The number of carbonyl (C=O) groups is 1. The summed E-state index contributed by atoms with van der Waals surface area (Å²) in [6, 6.07) is 6.84. The quantitative estimate of drug-likeness (QED) is 0.422. The molecule has 0 amide bonds. The van der Waals surface area contributed by atoms with Gasteiger partial charge in [0.2, 0.25) is 0 Å². The molecule has 0 aliphatic rings. The van der Waals surface area contributed by atoms with Crippen LogP contribution in [0.3, 0.4) is 0 Å². The fourth-order valence-corrected chi connectivity index (χ4v) is 2.37. The Kier molecular flexibility index (Phi) is 4.31. The molecule has 0 atom stereocenters. The van der Waals surface area contributed by atoms with Crippen molar-refractivity contribution >= 4 is 28.8 Å². The van der Waals surface area contributed by atoms with E-state index in [2.05, 4.69) is 15.2 Å². The van der Waals surface area contributed by atoms with Gasteiger partial charge in [-0.1, -0.05) is 0 Å². The van der Waals surface area contributed by atoms with Crippen LogP contribution in [0.2, 0.25) is 0 Å². The molecule has 0 aliphatic carbocycles. The highest BCUT2D eigenvalue weighted by molar-refractivity contribution is 5.88. The Morgan fingerprint density at radius 1 is 1.31 bits per heavy atom. The average Bonchev–Trinajstić information content (AvgIpc) is 2.93. The number of nitrogens with zero attached hydrogens (tertiary/aromatic N) is 5. The SMILES string of the molecule is COc1ccc([N+](=O)[O-])cc1N=Nc1c(C)nc2cc(C(=O)O)ccn12. The lowest BCUT2D eigenvalue weighted by molar-refractivity contribution is -0.384. The van der Waals surface area contributed by atoms with Crippen LogP contribution in [0.1, 0.15) is 16.1 Å². The maximum Gasteiger partial charge on any atom is 0.335 e. The summed E-state index contributed by atoms with van der Waals surface area (Å²) >= 11 is 0. The third kappa shape index (κ3) is 3.07. The minimum absolute atomic E-state index is 0.103. The number of non-ortho nitro benzene ring substituents is 1. The summed E-state index contributed by atoms with van der Waals surface area (Å²) in [5.74, 6) is -0.345. The fourth-order valence-electron chi connectivity index (χ4n) is 2.37. The van der Waals surface area contributed by atoms with Gasteiger partial charge in [-0.25, -0.2) is 9.78 Å². The van der Waals surface area contributed by atoms with Gasteiger partial charge in [0.05, 0.1) is 23.3 Å². The Labute approximate surface area is 146 Å². The van der Waals surface area contributed by atoms with Crippen LogP contribution >= 0.6 is 0 Å². The van der Waals surface area contributed by atoms with Crippen molar-refractivity contribution in [3.63, 3.8) is 0 Å². The van der Waals surface area contributed by atoms with Gasteiger partial charge in [-0.15, -0.1) is 10.2 Å². The van der Waals surface area contributed by atoms with E-state index in [0.29, 0.717) is 22.9 Å². The van der Waals surface area contributed by atoms with E-state index in [4.69, 9.17) is 9.84 Å². The highest BCUT2D eigenvalue weighted by atomic mass is 16.6. The molecule has 0 fully saturated rings. The van der Waals surface area contributed by atoms with Crippen LogP contribution in [-0.2, 0) is 0 Å². The summed E-state index contributed by atoms with van der Waals surface area (Å²) in [6.07, 6.45) is 1.53. The molecule has 0 bridgehead atoms. The lowest BCUT2D eigenvalue weighted by Gasteiger charge is -2.03. The molecule has 3 rings (SSSR count). The minimum atomic E-state index is -1.06. The lowest BCUT2D eigenvalue weighted by atomic mass is 10.2. The zero-order chi connectivity index (χ0) is 18.8. The van der Waals surface area contributed by atoms with E-state index in [-0.39, 0.29) is 16.9 Å². The molecule has 0 spiro atoms. The minimum Gasteiger partial charge on any atom is -0.494 e. The number of rotatable bonds is 5. The number of hydrogen-bond donors (Lipinski definition) is 1. The van der Waals surface area contributed by atoms with Gasteiger partial charge in [0.25, 0.3) is 5.69 Å². The maximum atomic E-state index is 11.1. The molecule has 2 heterocycles. The number of aromatic carboxylic acids is 1. The molecule has 1 aromatic carbocycles. The second kappa shape index (κ2) is 6.59. The summed E-state index contributed by atoms with van der Waals surface area (Å²) < 4.78 is 6.72. The molecule has 1 N–H and O–H groups in total. The number of ether oxygens (including phenoxy) is 1. The maximum absolute atomic E-state index is 11.1. The summed E-state index contributed by atoms with van der Waals surface area (Å²) in [7, 11) is 1.42. The van der Waals surface area contributed by atoms with Crippen molar-refractivity contribution in [1.82, 2.24) is 9.38 Å². The number of nitro benzene ring substituents is 1.